The molecule has 0 radical (unpaired) electrons. The quantitative estimate of drug-likeness (QED) is 0.230. The molecule has 0 saturated carbocycles. The van der Waals surface area contributed by atoms with Crippen molar-refractivity contribution >= 4 is 15.2 Å². The zero-order valence-corrected chi connectivity index (χ0v) is 21.7. The molecule has 35 heavy (non-hydrogen) atoms. The van der Waals surface area contributed by atoms with Crippen molar-refractivity contribution < 1.29 is 37.8 Å². The van der Waals surface area contributed by atoms with Gasteiger partial charge in [-0.25, -0.2) is 24.1 Å². The molecular weight excluding hydrogens is 492 g/mol. The number of hydrogen-bond acceptors (Lipinski definition) is 5. The molecule has 0 spiro atoms. The SMILES string of the molecule is Cc1nc(-c2cc[n+](CCCP(=O)(O)O)c(C)c2)nc(-c2cc[n+](CCCP(=O)(O)O)c(C)c2)n1. The van der Waals surface area contributed by atoms with E-state index < -0.39 is 15.2 Å². The van der Waals surface area contributed by atoms with Crippen molar-refractivity contribution in [1.82, 2.24) is 15.0 Å². The third-order valence-electron chi connectivity index (χ3n) is 5.46. The molecule has 0 saturated heterocycles. The van der Waals surface area contributed by atoms with Crippen molar-refractivity contribution in [2.24, 2.45) is 0 Å². The van der Waals surface area contributed by atoms with Crippen molar-refractivity contribution in [1.29, 1.82) is 0 Å². The van der Waals surface area contributed by atoms with Crippen LogP contribution in [0.3, 0.4) is 0 Å². The Morgan fingerprint density at radius 2 is 1.11 bits per heavy atom. The summed E-state index contributed by atoms with van der Waals surface area (Å²) >= 11 is 0. The first kappa shape index (κ1) is 27.2. The minimum atomic E-state index is -4.01. The summed E-state index contributed by atoms with van der Waals surface area (Å²) in [7, 11) is -8.02. The Kier molecular flexibility index (Phi) is 8.64. The molecule has 0 atom stereocenters. The van der Waals surface area contributed by atoms with Crippen LogP contribution in [0.25, 0.3) is 22.8 Å². The van der Waals surface area contributed by atoms with Crippen LogP contribution in [-0.4, -0.2) is 46.8 Å². The molecule has 3 aromatic rings. The predicted octanol–water partition coefficient (Wildman–Crippen LogP) is 1.84. The fourth-order valence-corrected chi connectivity index (χ4v) is 4.81. The van der Waals surface area contributed by atoms with Gasteiger partial charge in [-0.3, -0.25) is 9.13 Å². The van der Waals surface area contributed by atoms with Gasteiger partial charge in [-0.2, -0.15) is 0 Å². The van der Waals surface area contributed by atoms with Gasteiger partial charge in [0.05, 0.1) is 12.3 Å². The van der Waals surface area contributed by atoms with E-state index in [0.29, 0.717) is 43.4 Å². The highest BCUT2D eigenvalue weighted by Crippen LogP contribution is 2.35. The van der Waals surface area contributed by atoms with Crippen molar-refractivity contribution in [3.8, 4) is 22.8 Å². The van der Waals surface area contributed by atoms with Gasteiger partial charge in [0.15, 0.2) is 35.4 Å². The van der Waals surface area contributed by atoms with E-state index in [1.165, 1.54) is 0 Å². The smallest absolute Gasteiger partial charge is 0.324 e. The number of hydrogen-bond donors (Lipinski definition) is 4. The van der Waals surface area contributed by atoms with E-state index in [4.69, 9.17) is 19.6 Å². The van der Waals surface area contributed by atoms with Gasteiger partial charge in [0.1, 0.15) is 18.9 Å². The standard InChI is InChI=1S/C22H29N5O6P2/c1-16-14-19(6-10-26(16)8-4-12-34(28,29)30)21-23-18(3)24-22(25-21)20-7-11-27(17(2)15-20)9-5-13-35(31,32)33/h6-7,10-11,14-15H,4-5,8-9,12-13H2,1-3H3,(H2-2,28,29,30,31,32,33)/p+2. The van der Waals surface area contributed by atoms with E-state index >= 15 is 0 Å². The first-order valence-corrected chi connectivity index (χ1v) is 14.7. The lowest BCUT2D eigenvalue weighted by atomic mass is 10.2. The Morgan fingerprint density at radius 3 is 1.46 bits per heavy atom. The molecule has 3 rings (SSSR count). The van der Waals surface area contributed by atoms with Crippen LogP contribution in [0.2, 0.25) is 0 Å². The zero-order chi connectivity index (χ0) is 25.8. The van der Waals surface area contributed by atoms with Gasteiger partial charge in [-0.1, -0.05) is 0 Å². The fraction of sp³-hybridized carbons (Fsp3) is 0.409. The fourth-order valence-electron chi connectivity index (χ4n) is 3.70. The molecule has 0 aliphatic heterocycles. The second-order valence-electron chi connectivity index (χ2n) is 8.51. The van der Waals surface area contributed by atoms with Crippen LogP contribution in [0.1, 0.15) is 30.1 Å². The van der Waals surface area contributed by atoms with Crippen LogP contribution >= 0.6 is 15.2 Å². The van der Waals surface area contributed by atoms with Crippen molar-refractivity contribution in [3.05, 3.63) is 53.9 Å². The maximum Gasteiger partial charge on any atom is 0.325 e. The molecule has 0 unspecified atom stereocenters. The normalized spacial score (nSPS) is 12.2. The van der Waals surface area contributed by atoms with E-state index in [1.54, 1.807) is 6.92 Å². The molecule has 4 N–H and O–H groups in total. The molecular formula is C22H31N5O6P2+2. The first-order valence-electron chi connectivity index (χ1n) is 11.1. The summed E-state index contributed by atoms with van der Waals surface area (Å²) in [6, 6.07) is 7.60. The van der Waals surface area contributed by atoms with Crippen molar-refractivity contribution in [2.45, 2.75) is 46.7 Å². The highest BCUT2D eigenvalue weighted by Gasteiger charge is 2.18. The number of aryl methyl sites for hydroxylation is 5. The molecule has 0 aromatic carbocycles. The average Bonchev–Trinajstić information content (AvgIpc) is 2.74. The summed E-state index contributed by atoms with van der Waals surface area (Å²) in [4.78, 5) is 49.8. The maximum absolute atomic E-state index is 11.1. The summed E-state index contributed by atoms with van der Waals surface area (Å²) in [6.07, 6.45) is 4.15. The lowest BCUT2D eigenvalue weighted by Crippen LogP contribution is -2.37. The van der Waals surface area contributed by atoms with Crippen LogP contribution in [-0.2, 0) is 22.2 Å². The Bertz CT molecular complexity index is 1210. The zero-order valence-electron chi connectivity index (χ0n) is 19.9. The second kappa shape index (κ2) is 11.1. The first-order chi connectivity index (χ1) is 16.3. The van der Waals surface area contributed by atoms with Gasteiger partial charge in [-0.15, -0.1) is 0 Å². The van der Waals surface area contributed by atoms with Gasteiger partial charge in [0, 0.05) is 62.1 Å². The largest absolute Gasteiger partial charge is 0.325 e. The lowest BCUT2D eigenvalue weighted by molar-refractivity contribution is -0.702. The number of aromatic nitrogens is 5. The van der Waals surface area contributed by atoms with E-state index in [9.17, 15) is 9.13 Å². The van der Waals surface area contributed by atoms with E-state index in [-0.39, 0.29) is 12.3 Å². The van der Waals surface area contributed by atoms with Crippen LogP contribution in [0.15, 0.2) is 36.7 Å². The molecule has 13 heteroatoms. The molecule has 3 aromatic heterocycles. The molecule has 0 aliphatic rings. The van der Waals surface area contributed by atoms with E-state index in [2.05, 4.69) is 15.0 Å². The van der Waals surface area contributed by atoms with Crippen molar-refractivity contribution in [3.63, 3.8) is 0 Å². The lowest BCUT2D eigenvalue weighted by Gasteiger charge is -2.08. The van der Waals surface area contributed by atoms with E-state index in [0.717, 1.165) is 22.5 Å². The highest BCUT2D eigenvalue weighted by atomic mass is 31.2. The average molecular weight is 523 g/mol. The van der Waals surface area contributed by atoms with Crippen LogP contribution in [0.4, 0.5) is 0 Å². The third kappa shape index (κ3) is 8.35. The highest BCUT2D eigenvalue weighted by molar-refractivity contribution is 7.52. The Labute approximate surface area is 203 Å². The number of rotatable bonds is 10. The molecule has 0 amide bonds. The topological polar surface area (TPSA) is 161 Å². The predicted molar refractivity (Wildman–Crippen MR) is 128 cm³/mol. The second-order valence-corrected chi connectivity index (χ2v) is 12.1. The molecule has 0 fully saturated rings. The maximum atomic E-state index is 11.1. The minimum Gasteiger partial charge on any atom is -0.324 e. The van der Waals surface area contributed by atoms with Gasteiger partial charge < -0.3 is 19.6 Å². The van der Waals surface area contributed by atoms with Gasteiger partial charge in [0.2, 0.25) is 0 Å². The molecule has 0 aliphatic carbocycles. The van der Waals surface area contributed by atoms with Crippen LogP contribution < -0.4 is 9.13 Å². The van der Waals surface area contributed by atoms with Gasteiger partial charge in [-0.05, 0) is 6.92 Å². The molecule has 3 heterocycles. The Hall–Kier alpha value is -2.39. The Morgan fingerprint density at radius 1 is 0.714 bits per heavy atom. The Balaban J connectivity index is 1.80. The van der Waals surface area contributed by atoms with Crippen molar-refractivity contribution in [2.75, 3.05) is 12.3 Å². The minimum absolute atomic E-state index is 0.155. The van der Waals surface area contributed by atoms with Gasteiger partial charge in [0.25, 0.3) is 0 Å². The van der Waals surface area contributed by atoms with E-state index in [1.807, 2.05) is 59.6 Å². The summed E-state index contributed by atoms with van der Waals surface area (Å²) in [6.45, 7) is 6.63. The number of pyridine rings is 2. The summed E-state index contributed by atoms with van der Waals surface area (Å²) in [5.74, 6) is 1.61. The summed E-state index contributed by atoms with van der Waals surface area (Å²) < 4.78 is 26.0. The molecule has 188 valence electrons. The van der Waals surface area contributed by atoms with Gasteiger partial charge >= 0.3 is 15.2 Å². The monoisotopic (exact) mass is 523 g/mol. The van der Waals surface area contributed by atoms with Crippen LogP contribution in [0, 0.1) is 20.8 Å². The molecule has 0 bridgehead atoms. The molecule has 11 nitrogen and oxygen atoms in total. The third-order valence-corrected chi connectivity index (χ3v) is 7.26. The summed E-state index contributed by atoms with van der Waals surface area (Å²) in [5, 5.41) is 0. The summed E-state index contributed by atoms with van der Waals surface area (Å²) in [5.41, 5.74) is 3.45. The number of nitrogens with zero attached hydrogens (tertiary/aromatic N) is 5. The van der Waals surface area contributed by atoms with Crippen LogP contribution in [0.5, 0.6) is 0 Å².